The van der Waals surface area contributed by atoms with Crippen LogP contribution in [0.3, 0.4) is 0 Å². The first-order valence-corrected chi connectivity index (χ1v) is 13.0. The summed E-state index contributed by atoms with van der Waals surface area (Å²) in [6, 6.07) is 12.3. The number of hydrogen-bond donors (Lipinski definition) is 8. The number of ether oxygens (including phenoxy) is 4. The Balaban J connectivity index is 1.35. The monoisotopic (exact) mass is 597 g/mol. The standard InChI is InChI=1S/C30H28O13/c31-16-5-1-14(2-6-16)3-8-25(36)40-13-24-26(37)27(38)28(39)30(43-24)42-23-12-18-20(34)10-17(32)11-22(18)41-29(23)15-4-7-19(33)21(35)9-15/h1-12,24,26-35,37-39H,13H2/p+1/b8-3-/t24-,26-,27+,28-,29?,30-/m1/s1. The van der Waals surface area contributed by atoms with E-state index in [1.54, 1.807) is 12.1 Å². The van der Waals surface area contributed by atoms with Gasteiger partial charge in [-0.15, -0.1) is 0 Å². The predicted octanol–water partition coefficient (Wildman–Crippen LogP) is 1.63. The highest BCUT2D eigenvalue weighted by Gasteiger charge is 2.47. The van der Waals surface area contributed by atoms with Crippen molar-refractivity contribution in [1.29, 1.82) is 0 Å². The zero-order chi connectivity index (χ0) is 30.8. The van der Waals surface area contributed by atoms with Crippen LogP contribution in [0.1, 0.15) is 22.8 Å². The second kappa shape index (κ2) is 12.1. The SMILES string of the molecule is O=C(/C=C\c1ccc(O)cc1)OC[C@H]1O[C@@H](OC2=Cc3c(O)cc(O)cc3[OH+]C2c2ccc(O)c(O)c2)[C@H](O)[C@@H](O)[C@@H]1O. The van der Waals surface area contributed by atoms with Crippen LogP contribution in [0.2, 0.25) is 0 Å². The molecule has 0 spiro atoms. The summed E-state index contributed by atoms with van der Waals surface area (Å²) in [6.07, 6.45) is -5.28. The molecule has 0 saturated carbocycles. The molecule has 2 aliphatic rings. The van der Waals surface area contributed by atoms with Gasteiger partial charge in [-0.1, -0.05) is 12.1 Å². The van der Waals surface area contributed by atoms with E-state index in [9.17, 15) is 45.6 Å². The topological polar surface area (TPSA) is 219 Å². The molecule has 13 nitrogen and oxygen atoms in total. The minimum atomic E-state index is -1.78. The molecule has 0 aromatic heterocycles. The summed E-state index contributed by atoms with van der Waals surface area (Å²) < 4.78 is 21.3. The molecule has 3 aromatic carbocycles. The zero-order valence-electron chi connectivity index (χ0n) is 22.3. The van der Waals surface area contributed by atoms with E-state index in [0.29, 0.717) is 11.1 Å². The van der Waals surface area contributed by atoms with Crippen LogP contribution in [0.5, 0.6) is 34.5 Å². The number of carbonyl (C=O) groups is 1. The Morgan fingerprint density at radius 1 is 0.837 bits per heavy atom. The molecule has 1 unspecified atom stereocenters. The van der Waals surface area contributed by atoms with Gasteiger partial charge in [0.05, 0.1) is 11.6 Å². The first-order valence-electron chi connectivity index (χ1n) is 13.0. The van der Waals surface area contributed by atoms with Crippen molar-refractivity contribution in [3.63, 3.8) is 0 Å². The summed E-state index contributed by atoms with van der Waals surface area (Å²) in [7, 11) is 0. The van der Waals surface area contributed by atoms with Crippen LogP contribution in [0.15, 0.2) is 66.4 Å². The maximum Gasteiger partial charge on any atom is 0.330 e. The Bertz CT molecular complexity index is 1550. The molecule has 6 atom stereocenters. The molecule has 0 aliphatic carbocycles. The van der Waals surface area contributed by atoms with Gasteiger partial charge in [0.2, 0.25) is 6.29 Å². The maximum atomic E-state index is 12.3. The molecule has 2 heterocycles. The highest BCUT2D eigenvalue weighted by molar-refractivity contribution is 5.87. The Hall–Kier alpha value is -4.95. The summed E-state index contributed by atoms with van der Waals surface area (Å²) in [5, 5.41) is 81.2. The number of fused-ring (bicyclic) bond motifs is 1. The smallest absolute Gasteiger partial charge is 0.330 e. The van der Waals surface area contributed by atoms with E-state index in [1.165, 1.54) is 48.6 Å². The Morgan fingerprint density at radius 2 is 1.58 bits per heavy atom. The fourth-order valence-corrected chi connectivity index (χ4v) is 4.58. The van der Waals surface area contributed by atoms with Crippen LogP contribution in [0.25, 0.3) is 12.2 Å². The fourth-order valence-electron chi connectivity index (χ4n) is 4.58. The minimum absolute atomic E-state index is 0.0289. The van der Waals surface area contributed by atoms with Gasteiger partial charge in [-0.3, -0.25) is 0 Å². The van der Waals surface area contributed by atoms with Gasteiger partial charge in [0.25, 0.3) is 11.9 Å². The summed E-state index contributed by atoms with van der Waals surface area (Å²) in [6.45, 7) is -0.523. The Kier molecular flexibility index (Phi) is 8.32. The number of aliphatic hydroxyl groups excluding tert-OH is 3. The molecular weight excluding hydrogens is 568 g/mol. The van der Waals surface area contributed by atoms with Gasteiger partial charge in [-0.2, -0.15) is 0 Å². The van der Waals surface area contributed by atoms with E-state index >= 15 is 0 Å². The summed E-state index contributed by atoms with van der Waals surface area (Å²) in [4.78, 5) is 12.3. The maximum absolute atomic E-state index is 12.3. The largest absolute Gasteiger partial charge is 0.571 e. The number of hydrogen-bond acceptors (Lipinski definition) is 12. The molecule has 0 amide bonds. The number of esters is 1. The summed E-state index contributed by atoms with van der Waals surface area (Å²) in [5.74, 6) is -2.02. The first-order chi connectivity index (χ1) is 20.5. The number of rotatable bonds is 7. The second-order valence-electron chi connectivity index (χ2n) is 9.91. The van der Waals surface area contributed by atoms with Crippen molar-refractivity contribution in [3.8, 4) is 34.5 Å². The summed E-state index contributed by atoms with van der Waals surface area (Å²) in [5.41, 5.74) is 1.08. The highest BCUT2D eigenvalue weighted by Crippen LogP contribution is 2.46. The predicted molar refractivity (Wildman–Crippen MR) is 148 cm³/mol. The molecule has 0 radical (unpaired) electrons. The molecule has 0 bridgehead atoms. The van der Waals surface area contributed by atoms with E-state index in [1.807, 2.05) is 0 Å². The van der Waals surface area contributed by atoms with Crippen molar-refractivity contribution < 1.29 is 64.6 Å². The van der Waals surface area contributed by atoms with Crippen LogP contribution < -0.4 is 0 Å². The van der Waals surface area contributed by atoms with Gasteiger partial charge in [0.15, 0.2) is 17.3 Å². The highest BCUT2D eigenvalue weighted by atomic mass is 16.7. The molecule has 9 N–H and O–H groups in total. The molecule has 43 heavy (non-hydrogen) atoms. The van der Waals surface area contributed by atoms with E-state index in [2.05, 4.69) is 4.74 Å². The number of carbonyl (C=O) groups excluding carboxylic acids is 1. The molecule has 226 valence electrons. The number of aromatic hydroxyl groups is 6. The minimum Gasteiger partial charge on any atom is -0.571 e. The quantitative estimate of drug-likeness (QED) is 0.0843. The lowest BCUT2D eigenvalue weighted by atomic mass is 9.98. The number of aliphatic hydroxyl groups is 4. The van der Waals surface area contributed by atoms with E-state index in [-0.39, 0.29) is 40.1 Å². The van der Waals surface area contributed by atoms with Crippen molar-refractivity contribution in [2.24, 2.45) is 0 Å². The van der Waals surface area contributed by atoms with Gasteiger partial charge in [0.1, 0.15) is 53.8 Å². The van der Waals surface area contributed by atoms with Crippen LogP contribution in [0, 0.1) is 0 Å². The third kappa shape index (κ3) is 6.44. The van der Waals surface area contributed by atoms with Crippen LogP contribution in [-0.4, -0.2) is 88.9 Å². The molecule has 5 rings (SSSR count). The molecule has 3 aromatic rings. The Labute approximate surface area is 244 Å². The zero-order valence-corrected chi connectivity index (χ0v) is 22.3. The number of phenolic OH excluding ortho intramolecular Hbond substituents is 5. The van der Waals surface area contributed by atoms with Gasteiger partial charge in [-0.05, 0) is 42.0 Å². The lowest BCUT2D eigenvalue weighted by Crippen LogP contribution is -2.59. The third-order valence-corrected chi connectivity index (χ3v) is 6.88. The lowest BCUT2D eigenvalue weighted by molar-refractivity contribution is -0.296. The average molecular weight is 598 g/mol. The van der Waals surface area contributed by atoms with E-state index in [0.717, 1.165) is 12.1 Å². The normalized spacial score (nSPS) is 25.0. The van der Waals surface area contributed by atoms with Crippen molar-refractivity contribution in [2.75, 3.05) is 6.61 Å². The third-order valence-electron chi connectivity index (χ3n) is 6.88. The van der Waals surface area contributed by atoms with Crippen molar-refractivity contribution in [1.82, 2.24) is 0 Å². The van der Waals surface area contributed by atoms with Crippen molar-refractivity contribution >= 4 is 18.1 Å². The van der Waals surface area contributed by atoms with E-state index in [4.69, 9.17) is 14.2 Å². The van der Waals surface area contributed by atoms with Crippen LogP contribution in [-0.2, 0) is 19.0 Å². The Morgan fingerprint density at radius 3 is 2.30 bits per heavy atom. The van der Waals surface area contributed by atoms with Gasteiger partial charge < -0.3 is 59.8 Å². The second-order valence-corrected chi connectivity index (χ2v) is 9.91. The van der Waals surface area contributed by atoms with Gasteiger partial charge in [-0.25, -0.2) is 4.79 Å². The fraction of sp³-hybridized carbons (Fsp3) is 0.233. The molecular formula is C30H29O13+. The lowest BCUT2D eigenvalue weighted by Gasteiger charge is -2.40. The summed E-state index contributed by atoms with van der Waals surface area (Å²) >= 11 is 0. The van der Waals surface area contributed by atoms with E-state index < -0.39 is 55.1 Å². The van der Waals surface area contributed by atoms with Gasteiger partial charge in [0, 0.05) is 18.2 Å². The first kappa shape index (κ1) is 29.5. The molecule has 13 heteroatoms. The van der Waals surface area contributed by atoms with Gasteiger partial charge >= 0.3 is 5.97 Å². The molecule has 1 saturated heterocycles. The number of benzene rings is 3. The average Bonchev–Trinajstić information content (AvgIpc) is 2.98. The molecule has 2 aliphatic heterocycles. The van der Waals surface area contributed by atoms with Crippen molar-refractivity contribution in [2.45, 2.75) is 36.8 Å². The van der Waals surface area contributed by atoms with Crippen LogP contribution >= 0.6 is 0 Å². The number of phenols is 5. The van der Waals surface area contributed by atoms with Crippen LogP contribution in [0.4, 0.5) is 0 Å². The molecule has 1 fully saturated rings. The van der Waals surface area contributed by atoms with Crippen molar-refractivity contribution in [3.05, 3.63) is 83.1 Å².